The third-order valence-electron chi connectivity index (χ3n) is 2.18. The lowest BCUT2D eigenvalue weighted by Crippen LogP contribution is -1.84. The van der Waals surface area contributed by atoms with Crippen molar-refractivity contribution in [2.45, 2.75) is 0 Å². The summed E-state index contributed by atoms with van der Waals surface area (Å²) in [5.41, 5.74) is 0.964. The van der Waals surface area contributed by atoms with Gasteiger partial charge >= 0.3 is 0 Å². The summed E-state index contributed by atoms with van der Waals surface area (Å²) in [6.07, 6.45) is 9.37. The molecule has 0 N–H and O–H groups in total. The molecule has 62 valence electrons. The molecular weight excluding hydrogens is 162 g/mol. The van der Waals surface area contributed by atoms with Crippen molar-refractivity contribution in [2.75, 3.05) is 0 Å². The van der Waals surface area contributed by atoms with Crippen molar-refractivity contribution in [2.24, 2.45) is 0 Å². The Morgan fingerprint density at radius 3 is 3.08 bits per heavy atom. The van der Waals surface area contributed by atoms with Gasteiger partial charge in [0.25, 0.3) is 0 Å². The minimum absolute atomic E-state index is 0.964. The molecule has 0 bridgehead atoms. The smallest absolute Gasteiger partial charge is 0.146 e. The number of imidazole rings is 1. The van der Waals surface area contributed by atoms with Crippen LogP contribution in [0.1, 0.15) is 0 Å². The highest BCUT2D eigenvalue weighted by Gasteiger charge is 1.99. The Morgan fingerprint density at radius 1 is 1.08 bits per heavy atom. The molecule has 0 aliphatic rings. The fourth-order valence-electron chi connectivity index (χ4n) is 1.54. The van der Waals surface area contributed by atoms with E-state index in [1.54, 1.807) is 12.4 Å². The quantitative estimate of drug-likeness (QED) is 0.514. The second kappa shape index (κ2) is 2.29. The average molecular weight is 169 g/mol. The van der Waals surface area contributed by atoms with Gasteiger partial charge in [-0.05, 0) is 17.5 Å². The molecule has 0 aliphatic heterocycles. The molecule has 3 heterocycles. The topological polar surface area (TPSA) is 30.2 Å². The van der Waals surface area contributed by atoms with E-state index in [1.807, 2.05) is 29.1 Å². The number of rotatable bonds is 0. The normalized spacial score (nSPS) is 11.1. The molecule has 0 aliphatic carbocycles. The van der Waals surface area contributed by atoms with Gasteiger partial charge in [-0.15, -0.1) is 0 Å². The first-order valence-electron chi connectivity index (χ1n) is 4.10. The first-order valence-corrected chi connectivity index (χ1v) is 4.10. The highest BCUT2D eigenvalue weighted by Crippen LogP contribution is 2.16. The van der Waals surface area contributed by atoms with Crippen LogP contribution in [0.15, 0.2) is 43.1 Å². The first kappa shape index (κ1) is 6.60. The average Bonchev–Trinajstić information content (AvgIpc) is 2.65. The van der Waals surface area contributed by atoms with E-state index in [9.17, 15) is 0 Å². The summed E-state index contributed by atoms with van der Waals surface area (Å²) in [4.78, 5) is 8.36. The highest BCUT2D eigenvalue weighted by molar-refractivity contribution is 5.92. The van der Waals surface area contributed by atoms with E-state index in [0.717, 1.165) is 11.0 Å². The molecule has 3 heteroatoms. The summed E-state index contributed by atoms with van der Waals surface area (Å²) >= 11 is 0. The van der Waals surface area contributed by atoms with E-state index in [-0.39, 0.29) is 0 Å². The molecule has 3 aromatic heterocycles. The second-order valence-electron chi connectivity index (χ2n) is 2.94. The second-order valence-corrected chi connectivity index (χ2v) is 2.94. The molecule has 3 aromatic rings. The molecule has 3 nitrogen and oxygen atoms in total. The Labute approximate surface area is 74.7 Å². The SMILES string of the molecule is c1cc2ccn3ccnc3c2cn1. The van der Waals surface area contributed by atoms with Crippen LogP contribution in [0.5, 0.6) is 0 Å². The van der Waals surface area contributed by atoms with E-state index in [1.165, 1.54) is 5.39 Å². The van der Waals surface area contributed by atoms with Crippen molar-refractivity contribution in [1.82, 2.24) is 14.4 Å². The Balaban J connectivity index is 2.65. The fourth-order valence-corrected chi connectivity index (χ4v) is 1.54. The van der Waals surface area contributed by atoms with Crippen molar-refractivity contribution < 1.29 is 0 Å². The van der Waals surface area contributed by atoms with Crippen LogP contribution in [0.4, 0.5) is 0 Å². The Hall–Kier alpha value is -1.90. The van der Waals surface area contributed by atoms with Crippen LogP contribution in [0.25, 0.3) is 16.4 Å². The van der Waals surface area contributed by atoms with Gasteiger partial charge in [0.05, 0.1) is 0 Å². The zero-order chi connectivity index (χ0) is 8.67. The molecule has 0 unspecified atom stereocenters. The molecule has 0 atom stereocenters. The van der Waals surface area contributed by atoms with Crippen LogP contribution in [0, 0.1) is 0 Å². The van der Waals surface area contributed by atoms with E-state index in [2.05, 4.69) is 16.0 Å². The summed E-state index contributed by atoms with van der Waals surface area (Å²) in [6.45, 7) is 0. The van der Waals surface area contributed by atoms with Crippen LogP contribution >= 0.6 is 0 Å². The van der Waals surface area contributed by atoms with Gasteiger partial charge in [0.2, 0.25) is 0 Å². The minimum Gasteiger partial charge on any atom is -0.307 e. The number of nitrogens with zero attached hydrogens (tertiary/aromatic N) is 3. The number of pyridine rings is 2. The third-order valence-corrected chi connectivity index (χ3v) is 2.18. The molecule has 0 aromatic carbocycles. The van der Waals surface area contributed by atoms with Crippen LogP contribution in [-0.4, -0.2) is 14.4 Å². The van der Waals surface area contributed by atoms with E-state index in [0.29, 0.717) is 0 Å². The van der Waals surface area contributed by atoms with Gasteiger partial charge in [-0.3, -0.25) is 4.98 Å². The number of fused-ring (bicyclic) bond motifs is 3. The lowest BCUT2D eigenvalue weighted by atomic mass is 10.2. The van der Waals surface area contributed by atoms with Gasteiger partial charge in [0, 0.05) is 36.4 Å². The molecule has 3 rings (SSSR count). The molecule has 0 fully saturated rings. The molecule has 0 amide bonds. The summed E-state index contributed by atoms with van der Waals surface area (Å²) in [7, 11) is 0. The van der Waals surface area contributed by atoms with Crippen LogP contribution in [0.2, 0.25) is 0 Å². The molecular formula is C10H7N3. The fraction of sp³-hybridized carbons (Fsp3) is 0. The van der Waals surface area contributed by atoms with Gasteiger partial charge in [0.1, 0.15) is 5.65 Å². The molecule has 0 saturated carbocycles. The highest BCUT2D eigenvalue weighted by atomic mass is 15.0. The molecule has 0 saturated heterocycles. The van der Waals surface area contributed by atoms with Crippen LogP contribution in [-0.2, 0) is 0 Å². The predicted octanol–water partition coefficient (Wildman–Crippen LogP) is 1.88. The predicted molar refractivity (Wildman–Crippen MR) is 50.5 cm³/mol. The summed E-state index contributed by atoms with van der Waals surface area (Å²) < 4.78 is 1.99. The van der Waals surface area contributed by atoms with Crippen LogP contribution < -0.4 is 0 Å². The summed E-state index contributed by atoms with van der Waals surface area (Å²) in [6, 6.07) is 4.05. The zero-order valence-electron chi connectivity index (χ0n) is 6.88. The number of hydrogen-bond acceptors (Lipinski definition) is 2. The summed E-state index contributed by atoms with van der Waals surface area (Å²) in [5, 5.41) is 2.27. The van der Waals surface area contributed by atoms with Crippen LogP contribution in [0.3, 0.4) is 0 Å². The van der Waals surface area contributed by atoms with Crippen molar-refractivity contribution >= 4 is 16.4 Å². The third kappa shape index (κ3) is 0.839. The lowest BCUT2D eigenvalue weighted by molar-refractivity contribution is 1.20. The maximum atomic E-state index is 4.27. The Morgan fingerprint density at radius 2 is 2.08 bits per heavy atom. The van der Waals surface area contributed by atoms with E-state index in [4.69, 9.17) is 0 Å². The van der Waals surface area contributed by atoms with Gasteiger partial charge < -0.3 is 4.40 Å². The largest absolute Gasteiger partial charge is 0.307 e. The lowest BCUT2D eigenvalue weighted by Gasteiger charge is -1.98. The zero-order valence-corrected chi connectivity index (χ0v) is 6.88. The van der Waals surface area contributed by atoms with Crippen molar-refractivity contribution in [3.63, 3.8) is 0 Å². The number of hydrogen-bond donors (Lipinski definition) is 0. The Kier molecular flexibility index (Phi) is 1.16. The molecule has 0 spiro atoms. The van der Waals surface area contributed by atoms with Gasteiger partial charge in [-0.2, -0.15) is 0 Å². The minimum atomic E-state index is 0.964. The maximum absolute atomic E-state index is 4.27. The molecule has 13 heavy (non-hydrogen) atoms. The van der Waals surface area contributed by atoms with Crippen molar-refractivity contribution in [1.29, 1.82) is 0 Å². The van der Waals surface area contributed by atoms with Gasteiger partial charge in [-0.1, -0.05) is 0 Å². The van der Waals surface area contributed by atoms with E-state index < -0.39 is 0 Å². The first-order chi connectivity index (χ1) is 6.45. The number of aromatic nitrogens is 3. The summed E-state index contributed by atoms with van der Waals surface area (Å²) in [5.74, 6) is 0. The molecule has 0 radical (unpaired) electrons. The van der Waals surface area contributed by atoms with Crippen molar-refractivity contribution in [3.8, 4) is 0 Å². The van der Waals surface area contributed by atoms with Gasteiger partial charge in [-0.25, -0.2) is 4.98 Å². The van der Waals surface area contributed by atoms with Crippen molar-refractivity contribution in [3.05, 3.63) is 43.1 Å². The Bertz CT molecular complexity index is 568. The van der Waals surface area contributed by atoms with E-state index >= 15 is 0 Å². The standard InChI is InChI=1S/C10H7N3/c1-3-11-7-9-8(1)2-5-13-6-4-12-10(9)13/h1-7H. The maximum Gasteiger partial charge on any atom is 0.146 e. The monoisotopic (exact) mass is 169 g/mol. The van der Waals surface area contributed by atoms with Gasteiger partial charge in [0.15, 0.2) is 0 Å².